The molecule has 3 aromatic rings. The molecule has 1 aromatic heterocycles. The number of aryl methyl sites for hydroxylation is 1. The zero-order valence-corrected chi connectivity index (χ0v) is 20.7. The third-order valence-electron chi connectivity index (χ3n) is 6.18. The second-order valence-electron chi connectivity index (χ2n) is 9.64. The van der Waals surface area contributed by atoms with Crippen LogP contribution in [0.25, 0.3) is 5.76 Å². The van der Waals surface area contributed by atoms with Crippen LogP contribution in [-0.2, 0) is 15.0 Å². The molecular weight excluding hydrogens is 440 g/mol. The molecule has 1 saturated heterocycles. The first-order valence-electron chi connectivity index (χ1n) is 11.7. The molecule has 0 saturated carbocycles. The Labute approximate surface area is 205 Å². The van der Waals surface area contributed by atoms with Gasteiger partial charge in [0, 0.05) is 29.2 Å². The molecule has 1 aliphatic rings. The Hall–Kier alpha value is -3.93. The van der Waals surface area contributed by atoms with Crippen LogP contribution in [0, 0.1) is 6.92 Å². The van der Waals surface area contributed by atoms with Gasteiger partial charge >= 0.3 is 0 Å². The molecule has 2 heterocycles. The molecule has 4 rings (SSSR count). The highest BCUT2D eigenvalue weighted by Crippen LogP contribution is 2.43. The standard InChI is InChI=1S/C29H30N2O4/c1-6-35-23-14-13-19(16-21(23)29(3,4)5)26(32)24-25(20-11-9-15-30-17-20)31(28(34)27(24)33)22-12-8-7-10-18(22)2/h7-17,25,32H,6H2,1-5H3/b26-24-. The Bertz CT molecular complexity index is 1310. The molecule has 180 valence electrons. The summed E-state index contributed by atoms with van der Waals surface area (Å²) in [6.07, 6.45) is 3.25. The first kappa shape index (κ1) is 24.2. The molecule has 0 bridgehead atoms. The molecule has 0 radical (unpaired) electrons. The lowest BCUT2D eigenvalue weighted by Crippen LogP contribution is -2.30. The van der Waals surface area contributed by atoms with Crippen molar-refractivity contribution in [3.63, 3.8) is 0 Å². The van der Waals surface area contributed by atoms with E-state index in [1.165, 1.54) is 4.90 Å². The van der Waals surface area contributed by atoms with Gasteiger partial charge in [0.2, 0.25) is 0 Å². The molecular formula is C29H30N2O4. The number of pyridine rings is 1. The van der Waals surface area contributed by atoms with Gasteiger partial charge in [0.1, 0.15) is 11.5 Å². The molecule has 1 aliphatic heterocycles. The molecule has 1 fully saturated rings. The summed E-state index contributed by atoms with van der Waals surface area (Å²) in [7, 11) is 0. The van der Waals surface area contributed by atoms with Crippen molar-refractivity contribution in [3.8, 4) is 5.75 Å². The molecule has 6 nitrogen and oxygen atoms in total. The number of carbonyl (C=O) groups is 2. The van der Waals surface area contributed by atoms with Crippen molar-refractivity contribution in [2.75, 3.05) is 11.5 Å². The minimum absolute atomic E-state index is 0.0373. The third-order valence-corrected chi connectivity index (χ3v) is 6.18. The number of hydrogen-bond donors (Lipinski definition) is 1. The fraction of sp³-hybridized carbons (Fsp3) is 0.276. The van der Waals surface area contributed by atoms with Crippen LogP contribution in [0.4, 0.5) is 5.69 Å². The predicted molar refractivity (Wildman–Crippen MR) is 137 cm³/mol. The quantitative estimate of drug-likeness (QED) is 0.293. The highest BCUT2D eigenvalue weighted by molar-refractivity contribution is 6.51. The number of benzene rings is 2. The molecule has 0 aliphatic carbocycles. The van der Waals surface area contributed by atoms with Gasteiger partial charge in [-0.25, -0.2) is 0 Å². The van der Waals surface area contributed by atoms with E-state index in [4.69, 9.17) is 4.74 Å². The Balaban J connectivity index is 1.95. The SMILES string of the molecule is CCOc1ccc(/C(O)=C2/C(=O)C(=O)N(c3ccccc3C)C2c2cccnc2)cc1C(C)(C)C. The second kappa shape index (κ2) is 9.37. The number of rotatable bonds is 5. The van der Waals surface area contributed by atoms with Crippen LogP contribution in [0.15, 0.2) is 72.6 Å². The molecule has 1 amide bonds. The van der Waals surface area contributed by atoms with Gasteiger partial charge in [0.15, 0.2) is 0 Å². The van der Waals surface area contributed by atoms with Crippen molar-refractivity contribution in [2.45, 2.75) is 46.1 Å². The largest absolute Gasteiger partial charge is 0.507 e. The van der Waals surface area contributed by atoms with Crippen molar-refractivity contribution in [1.82, 2.24) is 4.98 Å². The van der Waals surface area contributed by atoms with E-state index >= 15 is 0 Å². The van der Waals surface area contributed by atoms with E-state index in [0.717, 1.165) is 16.9 Å². The summed E-state index contributed by atoms with van der Waals surface area (Å²) in [5.41, 5.74) is 3.22. The summed E-state index contributed by atoms with van der Waals surface area (Å²) in [5, 5.41) is 11.5. The Kier molecular flexibility index (Phi) is 6.48. The lowest BCUT2D eigenvalue weighted by Gasteiger charge is -2.27. The number of ether oxygens (including phenoxy) is 1. The number of aliphatic hydroxyl groups is 1. The van der Waals surface area contributed by atoms with Gasteiger partial charge < -0.3 is 9.84 Å². The highest BCUT2D eigenvalue weighted by atomic mass is 16.5. The number of hydrogen-bond acceptors (Lipinski definition) is 5. The number of aliphatic hydroxyl groups excluding tert-OH is 1. The molecule has 1 N–H and O–H groups in total. The fourth-order valence-corrected chi connectivity index (χ4v) is 4.47. The number of carbonyl (C=O) groups excluding carboxylic acids is 2. The van der Waals surface area contributed by atoms with Gasteiger partial charge in [0.05, 0.1) is 18.2 Å². The molecule has 2 aromatic carbocycles. The minimum atomic E-state index is -0.811. The number of amides is 1. The lowest BCUT2D eigenvalue weighted by molar-refractivity contribution is -0.132. The van der Waals surface area contributed by atoms with Crippen molar-refractivity contribution in [2.24, 2.45) is 0 Å². The molecule has 35 heavy (non-hydrogen) atoms. The number of aromatic nitrogens is 1. The van der Waals surface area contributed by atoms with E-state index in [0.29, 0.717) is 23.4 Å². The van der Waals surface area contributed by atoms with Gasteiger partial charge in [-0.1, -0.05) is 45.0 Å². The van der Waals surface area contributed by atoms with Crippen molar-refractivity contribution >= 4 is 23.1 Å². The maximum Gasteiger partial charge on any atom is 0.300 e. The molecule has 1 atom stereocenters. The van der Waals surface area contributed by atoms with E-state index in [-0.39, 0.29) is 16.7 Å². The van der Waals surface area contributed by atoms with E-state index in [1.807, 2.05) is 38.1 Å². The zero-order valence-electron chi connectivity index (χ0n) is 20.7. The second-order valence-corrected chi connectivity index (χ2v) is 9.64. The fourth-order valence-electron chi connectivity index (χ4n) is 4.47. The molecule has 1 unspecified atom stereocenters. The zero-order chi connectivity index (χ0) is 25.3. The number of Topliss-reactive ketones (excluding diaryl/α,β-unsaturated/α-hetero) is 1. The number of nitrogens with zero attached hydrogens (tertiary/aromatic N) is 2. The number of ketones is 1. The van der Waals surface area contributed by atoms with E-state index in [2.05, 4.69) is 25.8 Å². The van der Waals surface area contributed by atoms with E-state index < -0.39 is 17.7 Å². The van der Waals surface area contributed by atoms with Gasteiger partial charge in [-0.2, -0.15) is 0 Å². The van der Waals surface area contributed by atoms with Crippen LogP contribution in [0.2, 0.25) is 0 Å². The Morgan fingerprint density at radius 3 is 2.46 bits per heavy atom. The monoisotopic (exact) mass is 470 g/mol. The molecule has 6 heteroatoms. The predicted octanol–water partition coefficient (Wildman–Crippen LogP) is 5.71. The third kappa shape index (κ3) is 4.44. The van der Waals surface area contributed by atoms with Gasteiger partial charge in [-0.05, 0) is 60.7 Å². The van der Waals surface area contributed by atoms with Crippen LogP contribution >= 0.6 is 0 Å². The van der Waals surface area contributed by atoms with Crippen LogP contribution in [0.1, 0.15) is 56.0 Å². The van der Waals surface area contributed by atoms with Gasteiger partial charge in [0.25, 0.3) is 11.7 Å². The number of para-hydroxylation sites is 1. The number of anilines is 1. The summed E-state index contributed by atoms with van der Waals surface area (Å²) < 4.78 is 5.81. The summed E-state index contributed by atoms with van der Waals surface area (Å²) in [5.74, 6) is -0.912. The average Bonchev–Trinajstić information content (AvgIpc) is 3.09. The first-order chi connectivity index (χ1) is 16.6. The highest BCUT2D eigenvalue weighted by Gasteiger charge is 2.47. The smallest absolute Gasteiger partial charge is 0.300 e. The summed E-state index contributed by atoms with van der Waals surface area (Å²) in [4.78, 5) is 32.4. The maximum atomic E-state index is 13.4. The Morgan fingerprint density at radius 1 is 1.09 bits per heavy atom. The summed E-state index contributed by atoms with van der Waals surface area (Å²) in [6, 6.07) is 15.5. The van der Waals surface area contributed by atoms with Gasteiger partial charge in [-0.3, -0.25) is 19.5 Å². The van der Waals surface area contributed by atoms with Crippen molar-refractivity contribution < 1.29 is 19.4 Å². The van der Waals surface area contributed by atoms with Gasteiger partial charge in [-0.15, -0.1) is 0 Å². The van der Waals surface area contributed by atoms with Crippen LogP contribution in [0.5, 0.6) is 5.75 Å². The van der Waals surface area contributed by atoms with E-state index in [1.54, 1.807) is 42.7 Å². The first-order valence-corrected chi connectivity index (χ1v) is 11.7. The topological polar surface area (TPSA) is 79.7 Å². The summed E-state index contributed by atoms with van der Waals surface area (Å²) in [6.45, 7) is 10.5. The van der Waals surface area contributed by atoms with E-state index in [9.17, 15) is 14.7 Å². The Morgan fingerprint density at radius 2 is 1.83 bits per heavy atom. The lowest BCUT2D eigenvalue weighted by atomic mass is 9.84. The average molecular weight is 471 g/mol. The molecule has 0 spiro atoms. The van der Waals surface area contributed by atoms with Crippen LogP contribution in [0.3, 0.4) is 0 Å². The minimum Gasteiger partial charge on any atom is -0.507 e. The van der Waals surface area contributed by atoms with Crippen molar-refractivity contribution in [3.05, 3.63) is 94.8 Å². The van der Waals surface area contributed by atoms with Crippen molar-refractivity contribution in [1.29, 1.82) is 0 Å². The summed E-state index contributed by atoms with van der Waals surface area (Å²) >= 11 is 0. The normalized spacial score (nSPS) is 17.6. The maximum absolute atomic E-state index is 13.4. The van der Waals surface area contributed by atoms with Crippen LogP contribution < -0.4 is 9.64 Å². The van der Waals surface area contributed by atoms with Crippen LogP contribution in [-0.4, -0.2) is 28.4 Å².